The largest absolute Gasteiger partial charge is 0.480 e. The molecule has 0 spiro atoms. The van der Waals surface area contributed by atoms with Crippen molar-refractivity contribution in [1.29, 1.82) is 0 Å². The zero-order chi connectivity index (χ0) is 15.0. The van der Waals surface area contributed by atoms with Gasteiger partial charge in [-0.05, 0) is 24.1 Å². The summed E-state index contributed by atoms with van der Waals surface area (Å²) in [6.07, 6.45) is 0.804. The lowest BCUT2D eigenvalue weighted by Crippen LogP contribution is -2.28. The zero-order valence-electron chi connectivity index (χ0n) is 10.7. The normalized spacial score (nSPS) is 10.3. The Morgan fingerprint density at radius 3 is 2.70 bits per heavy atom. The highest BCUT2D eigenvalue weighted by atomic mass is 35.5. The van der Waals surface area contributed by atoms with Gasteiger partial charge in [-0.25, -0.2) is 4.79 Å². The predicted molar refractivity (Wildman–Crippen MR) is 76.2 cm³/mol. The Kier molecular flexibility index (Phi) is 7.36. The molecule has 0 saturated carbocycles. The van der Waals surface area contributed by atoms with Crippen LogP contribution >= 0.6 is 23.2 Å². The van der Waals surface area contributed by atoms with Crippen LogP contribution in [0, 0.1) is 0 Å². The maximum absolute atomic E-state index is 11.5. The van der Waals surface area contributed by atoms with Crippen LogP contribution in [0.4, 0.5) is 0 Å². The number of hydrogen-bond donors (Lipinski definition) is 2. The first kappa shape index (κ1) is 16.8. The van der Waals surface area contributed by atoms with Crippen molar-refractivity contribution in [2.75, 3.05) is 19.8 Å². The van der Waals surface area contributed by atoms with Crippen LogP contribution in [0.3, 0.4) is 0 Å². The molecule has 0 heterocycles. The highest BCUT2D eigenvalue weighted by Crippen LogP contribution is 2.21. The molecule has 0 saturated heterocycles. The van der Waals surface area contributed by atoms with Crippen LogP contribution in [0.2, 0.25) is 10.0 Å². The Labute approximate surface area is 126 Å². The minimum absolute atomic E-state index is 0.144. The Morgan fingerprint density at radius 2 is 2.05 bits per heavy atom. The highest BCUT2D eigenvalue weighted by Gasteiger charge is 2.05. The molecule has 0 bridgehead atoms. The van der Waals surface area contributed by atoms with E-state index in [0.29, 0.717) is 22.9 Å². The number of hydrogen-bond acceptors (Lipinski definition) is 3. The lowest BCUT2D eigenvalue weighted by molar-refractivity contribution is -0.142. The van der Waals surface area contributed by atoms with Gasteiger partial charge in [-0.2, -0.15) is 0 Å². The third kappa shape index (κ3) is 6.75. The molecular formula is C13H15Cl2NO4. The predicted octanol–water partition coefficient (Wildman–Crippen LogP) is 2.14. The number of benzene rings is 1. The van der Waals surface area contributed by atoms with Crippen molar-refractivity contribution in [3.63, 3.8) is 0 Å². The van der Waals surface area contributed by atoms with E-state index in [1.54, 1.807) is 18.2 Å². The number of aryl methyl sites for hydroxylation is 1. The first-order chi connectivity index (χ1) is 9.49. The third-order valence-electron chi connectivity index (χ3n) is 2.43. The van der Waals surface area contributed by atoms with Crippen molar-refractivity contribution in [3.8, 4) is 0 Å². The van der Waals surface area contributed by atoms with Crippen molar-refractivity contribution in [2.24, 2.45) is 0 Å². The molecule has 1 rings (SSSR count). The fourth-order valence-corrected chi connectivity index (χ4v) is 1.99. The molecule has 0 aliphatic rings. The molecule has 0 fully saturated rings. The van der Waals surface area contributed by atoms with E-state index in [0.717, 1.165) is 5.56 Å². The lowest BCUT2D eigenvalue weighted by atomic mass is 10.1. The minimum atomic E-state index is -1.03. The topological polar surface area (TPSA) is 75.6 Å². The number of aliphatic carboxylic acids is 1. The summed E-state index contributed by atoms with van der Waals surface area (Å²) in [6.45, 7) is 0.0798. The summed E-state index contributed by atoms with van der Waals surface area (Å²) in [7, 11) is 0. The fourth-order valence-electron chi connectivity index (χ4n) is 1.48. The summed E-state index contributed by atoms with van der Waals surface area (Å²) < 4.78 is 4.79. The molecule has 20 heavy (non-hydrogen) atoms. The fraction of sp³-hybridized carbons (Fsp3) is 0.385. The molecule has 0 aromatic heterocycles. The van der Waals surface area contributed by atoms with Gasteiger partial charge in [0.05, 0.1) is 6.61 Å². The average molecular weight is 320 g/mol. The quantitative estimate of drug-likeness (QED) is 0.720. The summed E-state index contributed by atoms with van der Waals surface area (Å²) in [5.41, 5.74) is 0.855. The van der Waals surface area contributed by atoms with E-state index < -0.39 is 5.97 Å². The Balaban J connectivity index is 2.21. The first-order valence-corrected chi connectivity index (χ1v) is 6.75. The van der Waals surface area contributed by atoms with Crippen molar-refractivity contribution >= 4 is 35.1 Å². The van der Waals surface area contributed by atoms with Crippen LogP contribution in [-0.4, -0.2) is 36.7 Å². The van der Waals surface area contributed by atoms with E-state index in [-0.39, 0.29) is 25.7 Å². The molecule has 1 aromatic carbocycles. The van der Waals surface area contributed by atoms with Gasteiger partial charge in [0.1, 0.15) is 6.61 Å². The molecule has 2 N–H and O–H groups in total. The van der Waals surface area contributed by atoms with Gasteiger partial charge in [-0.15, -0.1) is 0 Å². The third-order valence-corrected chi connectivity index (χ3v) is 3.02. The maximum Gasteiger partial charge on any atom is 0.329 e. The summed E-state index contributed by atoms with van der Waals surface area (Å²) >= 11 is 11.8. The van der Waals surface area contributed by atoms with E-state index >= 15 is 0 Å². The molecular weight excluding hydrogens is 305 g/mol. The number of halogens is 2. The van der Waals surface area contributed by atoms with Crippen molar-refractivity contribution < 1.29 is 19.4 Å². The first-order valence-electron chi connectivity index (χ1n) is 5.99. The Hall–Kier alpha value is -1.30. The summed E-state index contributed by atoms with van der Waals surface area (Å²) in [6, 6.07) is 5.14. The Bertz CT molecular complexity index is 479. The van der Waals surface area contributed by atoms with Gasteiger partial charge < -0.3 is 15.2 Å². The van der Waals surface area contributed by atoms with E-state index in [2.05, 4.69) is 5.32 Å². The van der Waals surface area contributed by atoms with E-state index in [1.807, 2.05) is 0 Å². The van der Waals surface area contributed by atoms with Crippen LogP contribution < -0.4 is 5.32 Å². The number of rotatable bonds is 8. The van der Waals surface area contributed by atoms with Gasteiger partial charge in [-0.3, -0.25) is 4.79 Å². The number of ether oxygens (including phenoxy) is 1. The maximum atomic E-state index is 11.5. The van der Waals surface area contributed by atoms with Crippen molar-refractivity contribution in [3.05, 3.63) is 33.8 Å². The van der Waals surface area contributed by atoms with Crippen LogP contribution in [-0.2, 0) is 20.7 Å². The SMILES string of the molecule is O=C(O)COCCNC(=O)CCc1ccc(Cl)cc1Cl. The molecule has 1 amide bonds. The van der Waals surface area contributed by atoms with Crippen LogP contribution in [0.15, 0.2) is 18.2 Å². The zero-order valence-corrected chi connectivity index (χ0v) is 12.2. The molecule has 110 valence electrons. The van der Waals surface area contributed by atoms with Crippen LogP contribution in [0.5, 0.6) is 0 Å². The lowest BCUT2D eigenvalue weighted by Gasteiger charge is -2.06. The van der Waals surface area contributed by atoms with E-state index in [9.17, 15) is 9.59 Å². The minimum Gasteiger partial charge on any atom is -0.480 e. The monoisotopic (exact) mass is 319 g/mol. The summed E-state index contributed by atoms with van der Waals surface area (Å²) in [5, 5.41) is 12.1. The van der Waals surface area contributed by atoms with Crippen LogP contribution in [0.1, 0.15) is 12.0 Å². The van der Waals surface area contributed by atoms with Gasteiger partial charge in [0.2, 0.25) is 5.91 Å². The van der Waals surface area contributed by atoms with Gasteiger partial charge in [0.15, 0.2) is 0 Å². The summed E-state index contributed by atoms with van der Waals surface area (Å²) in [4.78, 5) is 21.7. The number of carbonyl (C=O) groups excluding carboxylic acids is 1. The number of nitrogens with one attached hydrogen (secondary N) is 1. The average Bonchev–Trinajstić information content (AvgIpc) is 2.37. The second-order valence-corrected chi connectivity index (χ2v) is 4.88. The van der Waals surface area contributed by atoms with Gasteiger partial charge >= 0.3 is 5.97 Å². The molecule has 0 atom stereocenters. The second-order valence-electron chi connectivity index (χ2n) is 4.03. The van der Waals surface area contributed by atoms with Crippen molar-refractivity contribution in [2.45, 2.75) is 12.8 Å². The molecule has 1 aromatic rings. The molecule has 0 aliphatic heterocycles. The molecule has 0 unspecified atom stereocenters. The number of carbonyl (C=O) groups is 2. The Morgan fingerprint density at radius 1 is 1.30 bits per heavy atom. The summed E-state index contributed by atoms with van der Waals surface area (Å²) in [5.74, 6) is -1.18. The van der Waals surface area contributed by atoms with Gasteiger partial charge in [-0.1, -0.05) is 29.3 Å². The number of carboxylic acid groups (broad SMARTS) is 1. The molecule has 7 heteroatoms. The molecule has 0 radical (unpaired) electrons. The van der Waals surface area contributed by atoms with Gasteiger partial charge in [0.25, 0.3) is 0 Å². The molecule has 0 aliphatic carbocycles. The smallest absolute Gasteiger partial charge is 0.329 e. The van der Waals surface area contributed by atoms with E-state index in [4.69, 9.17) is 33.0 Å². The van der Waals surface area contributed by atoms with E-state index in [1.165, 1.54) is 0 Å². The standard InChI is InChI=1S/C13H15Cl2NO4/c14-10-3-1-9(11(15)7-10)2-4-12(17)16-5-6-20-8-13(18)19/h1,3,7H,2,4-6,8H2,(H,16,17)(H,18,19). The van der Waals surface area contributed by atoms with Crippen molar-refractivity contribution in [1.82, 2.24) is 5.32 Å². The second kappa shape index (κ2) is 8.79. The van der Waals surface area contributed by atoms with Gasteiger partial charge in [0, 0.05) is 23.0 Å². The molecule has 5 nitrogen and oxygen atoms in total. The number of amides is 1. The number of carboxylic acids is 1. The van der Waals surface area contributed by atoms with Crippen LogP contribution in [0.25, 0.3) is 0 Å². The highest BCUT2D eigenvalue weighted by molar-refractivity contribution is 6.35.